The first kappa shape index (κ1) is 23.3. The first-order valence-electron chi connectivity index (χ1n) is 8.70. The number of hydrogen-bond acceptors (Lipinski definition) is 5. The van der Waals surface area contributed by atoms with Crippen molar-refractivity contribution in [1.29, 1.82) is 5.26 Å². The molecule has 29 heavy (non-hydrogen) atoms. The van der Waals surface area contributed by atoms with Gasteiger partial charge in [0.15, 0.2) is 0 Å². The first-order valence-corrected chi connectivity index (χ1v) is 10.7. The maximum Gasteiger partial charge on any atom is 0.291 e. The van der Waals surface area contributed by atoms with E-state index in [4.69, 9.17) is 5.26 Å². The Morgan fingerprint density at radius 2 is 2.14 bits per heavy atom. The second-order valence-corrected chi connectivity index (χ2v) is 8.81. The van der Waals surface area contributed by atoms with Crippen LogP contribution in [0.25, 0.3) is 5.52 Å². The molecule has 0 aliphatic heterocycles. The summed E-state index contributed by atoms with van der Waals surface area (Å²) < 4.78 is 4.84. The van der Waals surface area contributed by atoms with Crippen molar-refractivity contribution in [1.82, 2.24) is 17.3 Å². The molecule has 152 valence electrons. The summed E-state index contributed by atoms with van der Waals surface area (Å²) in [4.78, 5) is 29.6. The van der Waals surface area contributed by atoms with Gasteiger partial charge in [-0.25, -0.2) is 7.80 Å². The van der Waals surface area contributed by atoms with Crippen LogP contribution in [0, 0.1) is 11.3 Å². The zero-order chi connectivity index (χ0) is 21.7. The number of hydrogen-bond donors (Lipinski definition) is 0. The Bertz CT molecular complexity index is 1110. The molecule has 2 heterocycles. The lowest BCUT2D eigenvalue weighted by Crippen LogP contribution is -2.33. The van der Waals surface area contributed by atoms with Crippen LogP contribution in [0.5, 0.6) is 0 Å². The van der Waals surface area contributed by atoms with Gasteiger partial charge in [-0.1, -0.05) is 19.4 Å². The van der Waals surface area contributed by atoms with Crippen LogP contribution in [0.3, 0.4) is 0 Å². The van der Waals surface area contributed by atoms with E-state index in [0.29, 0.717) is 20.6 Å². The minimum atomic E-state index is -0.418. The van der Waals surface area contributed by atoms with Crippen molar-refractivity contribution < 1.29 is 4.79 Å². The van der Waals surface area contributed by atoms with Gasteiger partial charge in [0, 0.05) is 24.5 Å². The van der Waals surface area contributed by atoms with Gasteiger partial charge in [-0.15, -0.1) is 0 Å². The van der Waals surface area contributed by atoms with E-state index in [9.17, 15) is 9.59 Å². The topological polar surface area (TPSA) is 95.8 Å². The van der Waals surface area contributed by atoms with Crippen LogP contribution < -0.4 is 5.56 Å². The average molecular weight is 618 g/mol. The minimum absolute atomic E-state index is 0.000389. The Kier molecular flexibility index (Phi) is 8.14. The van der Waals surface area contributed by atoms with Gasteiger partial charge in [0.2, 0.25) is 0 Å². The third-order valence-corrected chi connectivity index (χ3v) is 6.53. The van der Waals surface area contributed by atoms with Gasteiger partial charge in [0.25, 0.3) is 11.5 Å². The fraction of sp³-hybridized carbons (Fsp3) is 0.316. The number of halogens is 2. The molecule has 2 aromatic heterocycles. The number of allylic oxidation sites excluding steroid dienone is 2. The van der Waals surface area contributed by atoms with Gasteiger partial charge in [0.05, 0.1) is 32.1 Å². The number of carbonyl (C=O) groups is 1. The van der Waals surface area contributed by atoms with Crippen LogP contribution in [-0.4, -0.2) is 29.4 Å². The normalized spacial score (nSPS) is 11.9. The number of amides is 1. The molecule has 0 bridgehead atoms. The second-order valence-electron chi connectivity index (χ2n) is 6.74. The summed E-state index contributed by atoms with van der Waals surface area (Å²) in [6, 6.07) is 3.55. The maximum atomic E-state index is 12.8. The van der Waals surface area contributed by atoms with Crippen molar-refractivity contribution in [3.05, 3.63) is 55.6 Å². The molecule has 0 saturated carbocycles. The van der Waals surface area contributed by atoms with Crippen molar-refractivity contribution in [2.45, 2.75) is 40.2 Å². The molecule has 0 N–H and O–H groups in total. The molecule has 0 aliphatic carbocycles. The highest BCUT2D eigenvalue weighted by molar-refractivity contribution is 14.1. The number of fused-ring (bicyclic) bond motifs is 1. The van der Waals surface area contributed by atoms with Gasteiger partial charge in [-0.2, -0.15) is 10.4 Å². The number of carbonyl (C=O) groups excluding carboxylic acids is 1. The van der Waals surface area contributed by atoms with Crippen molar-refractivity contribution in [2.24, 2.45) is 4.99 Å². The molecule has 0 spiro atoms. The van der Waals surface area contributed by atoms with Crippen molar-refractivity contribution in [3.63, 3.8) is 0 Å². The fourth-order valence-electron chi connectivity index (χ4n) is 2.40. The summed E-state index contributed by atoms with van der Waals surface area (Å²) in [5, 5.41) is 13.5. The zero-order valence-corrected chi connectivity index (χ0v) is 20.7. The third kappa shape index (κ3) is 5.75. The van der Waals surface area contributed by atoms with E-state index in [-0.39, 0.29) is 18.4 Å². The Labute approximate surface area is 196 Å². The molecular formula is C19H20I2N6O2. The van der Waals surface area contributed by atoms with Crippen LogP contribution in [0.2, 0.25) is 0 Å². The summed E-state index contributed by atoms with van der Waals surface area (Å²) in [6.45, 7) is 7.55. The van der Waals surface area contributed by atoms with E-state index in [1.54, 1.807) is 29.1 Å². The highest BCUT2D eigenvalue weighted by atomic mass is 127. The standard InChI is InChI=1S/C19H20I2N6O2/c1-12(2)9-23-6-5-16(20)27(21)17(28)11-26-19(29)15-7-14(8-22)10-25(15)18(24-26)13(3)4/h5-7,9-10,13H,11H2,1-4H3/b16-5+,23-6-. The van der Waals surface area contributed by atoms with E-state index >= 15 is 0 Å². The molecule has 0 aliphatic rings. The Balaban J connectivity index is 2.34. The quantitative estimate of drug-likeness (QED) is 0.212. The monoisotopic (exact) mass is 618 g/mol. The van der Waals surface area contributed by atoms with E-state index in [1.165, 1.54) is 9.18 Å². The number of nitriles is 1. The second kappa shape index (κ2) is 10.1. The molecule has 0 unspecified atom stereocenters. The van der Waals surface area contributed by atoms with Crippen LogP contribution in [0.15, 0.2) is 43.6 Å². The maximum absolute atomic E-state index is 12.8. The van der Waals surface area contributed by atoms with E-state index in [0.717, 1.165) is 10.3 Å². The summed E-state index contributed by atoms with van der Waals surface area (Å²) in [5.74, 6) is 0.302. The lowest BCUT2D eigenvalue weighted by atomic mass is 10.2. The molecule has 0 aromatic carbocycles. The lowest BCUT2D eigenvalue weighted by molar-refractivity contribution is -0.124. The van der Waals surface area contributed by atoms with Gasteiger partial charge in [0.1, 0.15) is 24.0 Å². The summed E-state index contributed by atoms with van der Waals surface area (Å²) in [6.07, 6.45) is 6.62. The van der Waals surface area contributed by atoms with Gasteiger partial charge in [-0.05, 0) is 48.6 Å². The van der Waals surface area contributed by atoms with Gasteiger partial charge >= 0.3 is 0 Å². The predicted molar refractivity (Wildman–Crippen MR) is 129 cm³/mol. The SMILES string of the molecule is CC(C)=C/N=C\C=C(/I)N(I)C(=O)Cn1nc(C(C)C)n2cc(C#N)cc2c1=O. The van der Waals surface area contributed by atoms with Crippen LogP contribution in [-0.2, 0) is 11.3 Å². The zero-order valence-electron chi connectivity index (χ0n) is 16.4. The Morgan fingerprint density at radius 3 is 2.72 bits per heavy atom. The molecule has 1 amide bonds. The van der Waals surface area contributed by atoms with E-state index < -0.39 is 5.56 Å². The fourth-order valence-corrected chi connectivity index (χ4v) is 3.14. The molecular weight excluding hydrogens is 598 g/mol. The number of nitrogens with zero attached hydrogens (tertiary/aromatic N) is 6. The number of rotatable bonds is 6. The first-order chi connectivity index (χ1) is 13.6. The highest BCUT2D eigenvalue weighted by Gasteiger charge is 2.19. The van der Waals surface area contributed by atoms with Crippen molar-refractivity contribution >= 4 is 63.1 Å². The van der Waals surface area contributed by atoms with Crippen LogP contribution >= 0.6 is 45.5 Å². The van der Waals surface area contributed by atoms with Gasteiger partial charge < -0.3 is 0 Å². The largest absolute Gasteiger partial charge is 0.297 e. The Morgan fingerprint density at radius 1 is 1.45 bits per heavy atom. The third-order valence-electron chi connectivity index (χ3n) is 3.71. The average Bonchev–Trinajstić information content (AvgIpc) is 3.10. The number of aromatic nitrogens is 3. The molecule has 0 atom stereocenters. The molecule has 8 nitrogen and oxygen atoms in total. The molecule has 10 heteroatoms. The van der Waals surface area contributed by atoms with Crippen molar-refractivity contribution in [2.75, 3.05) is 0 Å². The molecule has 0 radical (unpaired) electrons. The van der Waals surface area contributed by atoms with E-state index in [2.05, 4.69) is 10.1 Å². The smallest absolute Gasteiger partial charge is 0.291 e. The highest BCUT2D eigenvalue weighted by Crippen LogP contribution is 2.19. The summed E-state index contributed by atoms with van der Waals surface area (Å²) in [5.41, 5.74) is 1.35. The minimum Gasteiger partial charge on any atom is -0.297 e. The summed E-state index contributed by atoms with van der Waals surface area (Å²) in [7, 11) is 0. The predicted octanol–water partition coefficient (Wildman–Crippen LogP) is 3.94. The molecule has 2 aromatic rings. The van der Waals surface area contributed by atoms with Gasteiger partial charge in [-0.3, -0.25) is 19.0 Å². The number of aliphatic imine (C=N–C) groups is 1. The van der Waals surface area contributed by atoms with Crippen molar-refractivity contribution in [3.8, 4) is 6.07 Å². The van der Waals surface area contributed by atoms with E-state index in [1.807, 2.05) is 79.2 Å². The molecule has 2 rings (SSSR count). The molecule has 0 fully saturated rings. The lowest BCUT2D eigenvalue weighted by Gasteiger charge is -2.16. The summed E-state index contributed by atoms with van der Waals surface area (Å²) >= 11 is 3.92. The van der Waals surface area contributed by atoms with Crippen LogP contribution in [0.1, 0.15) is 45.0 Å². The Hall–Kier alpha value is -2.01. The molecule has 0 saturated heterocycles. The van der Waals surface area contributed by atoms with Crippen LogP contribution in [0.4, 0.5) is 0 Å².